The molecule has 0 unspecified atom stereocenters. The highest BCUT2D eigenvalue weighted by molar-refractivity contribution is 7.87. The van der Waals surface area contributed by atoms with Gasteiger partial charge in [-0.2, -0.15) is 8.42 Å². The summed E-state index contributed by atoms with van der Waals surface area (Å²) in [4.78, 5) is 14.9. The summed E-state index contributed by atoms with van der Waals surface area (Å²) >= 11 is 0. The Labute approximate surface area is 203 Å². The van der Waals surface area contributed by atoms with Crippen LogP contribution in [0.5, 0.6) is 17.2 Å². The van der Waals surface area contributed by atoms with Gasteiger partial charge < -0.3 is 23.3 Å². The summed E-state index contributed by atoms with van der Waals surface area (Å²) in [6, 6.07) is 15.7. The normalized spacial score (nSPS) is 11.1. The molecule has 0 spiro atoms. The maximum Gasteiger partial charge on any atom is 0.339 e. The van der Waals surface area contributed by atoms with Gasteiger partial charge in [-0.1, -0.05) is 18.2 Å². The monoisotopic (exact) mass is 503 g/mol. The number of halogens is 1. The minimum absolute atomic E-state index is 0.0563. The lowest BCUT2D eigenvalue weighted by Gasteiger charge is -2.24. The molecule has 8 nitrogen and oxygen atoms in total. The van der Waals surface area contributed by atoms with Gasteiger partial charge in [0, 0.05) is 20.2 Å². The second-order valence-electron chi connectivity index (χ2n) is 7.40. The van der Waals surface area contributed by atoms with E-state index in [-0.39, 0.29) is 41.8 Å². The second kappa shape index (κ2) is 11.7. The van der Waals surface area contributed by atoms with Crippen LogP contribution in [0, 0.1) is 5.82 Å². The van der Waals surface area contributed by atoms with Crippen molar-refractivity contribution in [2.24, 2.45) is 0 Å². The Morgan fingerprint density at radius 1 is 0.914 bits per heavy atom. The van der Waals surface area contributed by atoms with Crippen LogP contribution < -0.4 is 13.7 Å². The van der Waals surface area contributed by atoms with E-state index in [1.807, 2.05) is 0 Å². The summed E-state index contributed by atoms with van der Waals surface area (Å²) in [7, 11) is 0.293. The van der Waals surface area contributed by atoms with Crippen LogP contribution in [-0.4, -0.2) is 53.7 Å². The first kappa shape index (κ1) is 26.0. The second-order valence-corrected chi connectivity index (χ2v) is 8.94. The lowest BCUT2D eigenvalue weighted by atomic mass is 10.1. The Bertz CT molecular complexity index is 1240. The maximum absolute atomic E-state index is 13.5. The molecule has 0 fully saturated rings. The largest absolute Gasteiger partial charge is 0.496 e. The molecule has 0 saturated carbocycles. The number of hydrogen-bond acceptors (Lipinski definition) is 7. The molecule has 0 aromatic heterocycles. The fourth-order valence-electron chi connectivity index (χ4n) is 3.37. The molecule has 1 amide bonds. The fraction of sp³-hybridized carbons (Fsp3) is 0.240. The number of amides is 1. The predicted octanol–water partition coefficient (Wildman–Crippen LogP) is 3.90. The fourth-order valence-corrected chi connectivity index (χ4v) is 4.29. The van der Waals surface area contributed by atoms with E-state index in [1.165, 1.54) is 38.4 Å². The van der Waals surface area contributed by atoms with Gasteiger partial charge in [-0.15, -0.1) is 0 Å². The van der Waals surface area contributed by atoms with Crippen molar-refractivity contribution >= 4 is 16.0 Å². The molecular weight excluding hydrogens is 477 g/mol. The van der Waals surface area contributed by atoms with E-state index in [9.17, 15) is 17.6 Å². The zero-order chi connectivity index (χ0) is 25.4. The zero-order valence-corrected chi connectivity index (χ0v) is 20.4. The van der Waals surface area contributed by atoms with Gasteiger partial charge in [0.25, 0.3) is 5.91 Å². The van der Waals surface area contributed by atoms with Crippen molar-refractivity contribution in [3.05, 3.63) is 83.7 Å². The Hall–Kier alpha value is -3.63. The van der Waals surface area contributed by atoms with Crippen LogP contribution in [0.15, 0.2) is 71.6 Å². The lowest BCUT2D eigenvalue weighted by molar-refractivity contribution is 0.0673. The number of hydrogen-bond donors (Lipinski definition) is 0. The number of rotatable bonds is 11. The zero-order valence-electron chi connectivity index (χ0n) is 19.6. The number of benzene rings is 3. The van der Waals surface area contributed by atoms with E-state index in [0.717, 1.165) is 24.3 Å². The minimum atomic E-state index is -4.17. The molecule has 0 aliphatic carbocycles. The summed E-state index contributed by atoms with van der Waals surface area (Å²) in [5, 5.41) is 0. The number of carbonyl (C=O) groups is 1. The van der Waals surface area contributed by atoms with Gasteiger partial charge >= 0.3 is 10.1 Å². The molecule has 3 rings (SSSR count). The minimum Gasteiger partial charge on any atom is -0.496 e. The summed E-state index contributed by atoms with van der Waals surface area (Å²) in [6.07, 6.45) is 0. The molecule has 0 saturated heterocycles. The standard InChI is InChI=1S/C25H26FNO7S/c1-31-15-14-27(25(28)24-22(32-2)8-5-9-23(24)33-3)17-18-6-4-7-20(16-18)34-35(29,30)21-12-10-19(26)11-13-21/h4-13,16H,14-15,17H2,1-3H3. The Morgan fingerprint density at radius 3 is 2.14 bits per heavy atom. The number of ether oxygens (including phenoxy) is 3. The Kier molecular flexibility index (Phi) is 8.67. The third-order valence-corrected chi connectivity index (χ3v) is 6.34. The van der Waals surface area contributed by atoms with Gasteiger partial charge in [-0.25, -0.2) is 4.39 Å². The van der Waals surface area contributed by atoms with E-state index in [1.54, 1.807) is 30.3 Å². The van der Waals surface area contributed by atoms with Crippen LogP contribution in [0.2, 0.25) is 0 Å². The van der Waals surface area contributed by atoms with E-state index in [4.69, 9.17) is 18.4 Å². The van der Waals surface area contributed by atoms with Crippen molar-refractivity contribution in [3.63, 3.8) is 0 Å². The van der Waals surface area contributed by atoms with Gasteiger partial charge in [0.15, 0.2) is 0 Å². The molecule has 0 atom stereocenters. The molecule has 0 heterocycles. The van der Waals surface area contributed by atoms with Crippen molar-refractivity contribution in [2.45, 2.75) is 11.4 Å². The van der Waals surface area contributed by atoms with E-state index < -0.39 is 15.9 Å². The van der Waals surface area contributed by atoms with Gasteiger partial charge in [-0.3, -0.25) is 4.79 Å². The molecule has 186 valence electrons. The highest BCUT2D eigenvalue weighted by atomic mass is 32.2. The summed E-state index contributed by atoms with van der Waals surface area (Å²) in [5.74, 6) is -0.126. The van der Waals surface area contributed by atoms with Crippen LogP contribution in [0.25, 0.3) is 0 Å². The van der Waals surface area contributed by atoms with Gasteiger partial charge in [0.05, 0.1) is 20.8 Å². The van der Waals surface area contributed by atoms with Gasteiger partial charge in [-0.05, 0) is 54.1 Å². The van der Waals surface area contributed by atoms with Crippen LogP contribution in [0.4, 0.5) is 4.39 Å². The van der Waals surface area contributed by atoms with Crippen LogP contribution in [0.1, 0.15) is 15.9 Å². The lowest BCUT2D eigenvalue weighted by Crippen LogP contribution is -2.34. The Morgan fingerprint density at radius 2 is 1.54 bits per heavy atom. The van der Waals surface area contributed by atoms with Crippen LogP contribution >= 0.6 is 0 Å². The van der Waals surface area contributed by atoms with Crippen LogP contribution in [0.3, 0.4) is 0 Å². The highest BCUT2D eigenvalue weighted by Crippen LogP contribution is 2.30. The third kappa shape index (κ3) is 6.49. The first-order chi connectivity index (χ1) is 16.8. The van der Waals surface area contributed by atoms with Crippen molar-refractivity contribution < 1.29 is 36.0 Å². The molecule has 3 aromatic rings. The van der Waals surface area contributed by atoms with E-state index >= 15 is 0 Å². The Balaban J connectivity index is 1.87. The topological polar surface area (TPSA) is 91.4 Å². The quantitative estimate of drug-likeness (QED) is 0.367. The molecule has 0 aliphatic rings. The highest BCUT2D eigenvalue weighted by Gasteiger charge is 2.24. The average molecular weight is 504 g/mol. The number of methoxy groups -OCH3 is 3. The molecule has 0 bridgehead atoms. The average Bonchev–Trinajstić information content (AvgIpc) is 2.85. The molecule has 10 heteroatoms. The molecule has 0 aliphatic heterocycles. The smallest absolute Gasteiger partial charge is 0.339 e. The van der Waals surface area contributed by atoms with Crippen molar-refractivity contribution in [2.75, 3.05) is 34.5 Å². The summed E-state index contributed by atoms with van der Waals surface area (Å²) < 4.78 is 59.4. The molecule has 35 heavy (non-hydrogen) atoms. The molecule has 0 N–H and O–H groups in total. The van der Waals surface area contributed by atoms with Crippen molar-refractivity contribution in [3.8, 4) is 17.2 Å². The third-order valence-electron chi connectivity index (χ3n) is 5.07. The van der Waals surface area contributed by atoms with Crippen molar-refractivity contribution in [1.82, 2.24) is 4.90 Å². The van der Waals surface area contributed by atoms with Crippen molar-refractivity contribution in [1.29, 1.82) is 0 Å². The summed E-state index contributed by atoms with van der Waals surface area (Å²) in [5.41, 5.74) is 0.884. The first-order valence-electron chi connectivity index (χ1n) is 10.6. The number of carbonyl (C=O) groups excluding carboxylic acids is 1. The summed E-state index contributed by atoms with van der Waals surface area (Å²) in [6.45, 7) is 0.672. The molecule has 0 radical (unpaired) electrons. The van der Waals surface area contributed by atoms with Gasteiger partial charge in [0.1, 0.15) is 33.5 Å². The van der Waals surface area contributed by atoms with Crippen LogP contribution in [-0.2, 0) is 21.4 Å². The SMILES string of the molecule is COCCN(Cc1cccc(OS(=O)(=O)c2ccc(F)cc2)c1)C(=O)c1c(OC)cccc1OC. The van der Waals surface area contributed by atoms with Gasteiger partial charge in [0.2, 0.25) is 0 Å². The van der Waals surface area contributed by atoms with E-state index in [0.29, 0.717) is 17.1 Å². The first-order valence-corrected chi connectivity index (χ1v) is 12.0. The molecular formula is C25H26FNO7S. The molecule has 3 aromatic carbocycles. The van der Waals surface area contributed by atoms with E-state index in [2.05, 4.69) is 0 Å². The number of nitrogens with zero attached hydrogens (tertiary/aromatic N) is 1. The maximum atomic E-state index is 13.5. The predicted molar refractivity (Wildman–Crippen MR) is 127 cm³/mol.